The molecule has 4 heteroatoms. The molecule has 0 bridgehead atoms. The van der Waals surface area contributed by atoms with Crippen LogP contribution >= 0.6 is 0 Å². The largest absolute Gasteiger partial charge is 0.480 e. The maximum absolute atomic E-state index is 12.3. The Kier molecular flexibility index (Phi) is 5.02. The van der Waals surface area contributed by atoms with E-state index in [2.05, 4.69) is 16.6 Å². The number of hydrazone groups is 1. The van der Waals surface area contributed by atoms with Crippen LogP contribution in [0.1, 0.15) is 12.5 Å². The topological polar surface area (TPSA) is 50.7 Å². The number of hydrogen-bond donors (Lipinski definition) is 1. The smallest absolute Gasteiger partial charge is 0.280 e. The summed E-state index contributed by atoms with van der Waals surface area (Å²) in [6.07, 6.45) is 0.967. The van der Waals surface area contributed by atoms with Crippen molar-refractivity contribution in [1.29, 1.82) is 0 Å². The fourth-order valence-electron chi connectivity index (χ4n) is 3.09. The molecule has 0 aliphatic heterocycles. The molecule has 0 aliphatic rings. The molecule has 1 amide bonds. The van der Waals surface area contributed by atoms with Crippen LogP contribution in [0.25, 0.3) is 21.5 Å². The predicted octanol–water partition coefficient (Wildman–Crippen LogP) is 4.91. The van der Waals surface area contributed by atoms with E-state index in [-0.39, 0.29) is 5.91 Å². The lowest BCUT2D eigenvalue weighted by Crippen LogP contribution is -2.33. The molecule has 0 radical (unpaired) electrons. The number of nitrogens with zero attached hydrogens (tertiary/aromatic N) is 1. The monoisotopic (exact) mass is 368 g/mol. The molecule has 138 valence electrons. The van der Waals surface area contributed by atoms with Gasteiger partial charge in [0.1, 0.15) is 5.75 Å². The minimum atomic E-state index is -0.667. The van der Waals surface area contributed by atoms with Gasteiger partial charge in [-0.25, -0.2) is 5.43 Å². The van der Waals surface area contributed by atoms with Crippen LogP contribution in [0, 0.1) is 0 Å². The summed E-state index contributed by atoms with van der Waals surface area (Å²) in [5, 5.41) is 8.41. The maximum atomic E-state index is 12.3. The normalized spacial score (nSPS) is 12.3. The van der Waals surface area contributed by atoms with Gasteiger partial charge in [-0.05, 0) is 40.8 Å². The molecule has 0 spiro atoms. The third kappa shape index (κ3) is 3.86. The summed E-state index contributed by atoms with van der Waals surface area (Å²) >= 11 is 0. The highest BCUT2D eigenvalue weighted by Gasteiger charge is 2.15. The Labute approximate surface area is 163 Å². The van der Waals surface area contributed by atoms with Gasteiger partial charge in [-0.2, -0.15) is 5.10 Å². The fourth-order valence-corrected chi connectivity index (χ4v) is 3.09. The number of nitrogens with one attached hydrogen (secondary N) is 1. The number of benzene rings is 4. The van der Waals surface area contributed by atoms with Gasteiger partial charge in [0.15, 0.2) is 6.10 Å². The lowest BCUT2D eigenvalue weighted by atomic mass is 10.1. The molecule has 0 saturated carbocycles. The third-order valence-electron chi connectivity index (χ3n) is 4.58. The van der Waals surface area contributed by atoms with Gasteiger partial charge in [-0.15, -0.1) is 0 Å². The zero-order chi connectivity index (χ0) is 19.3. The van der Waals surface area contributed by atoms with Crippen molar-refractivity contribution in [3.63, 3.8) is 0 Å². The summed E-state index contributed by atoms with van der Waals surface area (Å²) in [5.41, 5.74) is 3.47. The fraction of sp³-hybridized carbons (Fsp3) is 0.0833. The average molecular weight is 368 g/mol. The zero-order valence-electron chi connectivity index (χ0n) is 15.5. The van der Waals surface area contributed by atoms with Gasteiger partial charge in [0.2, 0.25) is 0 Å². The minimum Gasteiger partial charge on any atom is -0.480 e. The van der Waals surface area contributed by atoms with E-state index in [4.69, 9.17) is 4.74 Å². The van der Waals surface area contributed by atoms with Crippen molar-refractivity contribution in [3.05, 3.63) is 90.5 Å². The Morgan fingerprint density at radius 3 is 2.46 bits per heavy atom. The van der Waals surface area contributed by atoms with Crippen LogP contribution in [0.2, 0.25) is 0 Å². The van der Waals surface area contributed by atoms with E-state index in [0.717, 1.165) is 21.7 Å². The van der Waals surface area contributed by atoms with E-state index < -0.39 is 6.10 Å². The van der Waals surface area contributed by atoms with Crippen molar-refractivity contribution in [1.82, 2.24) is 5.43 Å². The molecule has 0 aromatic heterocycles. The molecule has 0 heterocycles. The molecule has 4 aromatic carbocycles. The molecule has 0 saturated heterocycles. The number of carbonyl (C=O) groups excluding carboxylic acids is 1. The van der Waals surface area contributed by atoms with Crippen molar-refractivity contribution in [2.75, 3.05) is 0 Å². The Bertz CT molecular complexity index is 1160. The Morgan fingerprint density at radius 2 is 1.61 bits per heavy atom. The van der Waals surface area contributed by atoms with Gasteiger partial charge < -0.3 is 4.74 Å². The molecule has 0 unspecified atom stereocenters. The number of fused-ring (bicyclic) bond motifs is 2. The van der Waals surface area contributed by atoms with Crippen molar-refractivity contribution >= 4 is 33.7 Å². The molecule has 0 fully saturated rings. The molecular weight excluding hydrogens is 348 g/mol. The van der Waals surface area contributed by atoms with Crippen molar-refractivity contribution in [2.24, 2.45) is 5.10 Å². The first kappa shape index (κ1) is 17.7. The first-order valence-electron chi connectivity index (χ1n) is 9.17. The van der Waals surface area contributed by atoms with Crippen molar-refractivity contribution in [2.45, 2.75) is 13.0 Å². The lowest BCUT2D eigenvalue weighted by Gasteiger charge is -2.14. The summed E-state index contributed by atoms with van der Waals surface area (Å²) < 4.78 is 5.86. The van der Waals surface area contributed by atoms with E-state index in [0.29, 0.717) is 5.75 Å². The van der Waals surface area contributed by atoms with E-state index in [1.54, 1.807) is 13.1 Å². The van der Waals surface area contributed by atoms with Gasteiger partial charge in [-0.1, -0.05) is 72.8 Å². The second kappa shape index (κ2) is 7.92. The molecule has 4 rings (SSSR count). The highest BCUT2D eigenvalue weighted by molar-refractivity contribution is 5.91. The van der Waals surface area contributed by atoms with Crippen LogP contribution in [-0.4, -0.2) is 18.2 Å². The average Bonchev–Trinajstić information content (AvgIpc) is 2.74. The molecule has 0 aliphatic carbocycles. The second-order valence-electron chi connectivity index (χ2n) is 6.58. The molecule has 1 N–H and O–H groups in total. The Balaban J connectivity index is 1.41. The van der Waals surface area contributed by atoms with Crippen LogP contribution in [0.15, 0.2) is 90.0 Å². The van der Waals surface area contributed by atoms with Gasteiger partial charge >= 0.3 is 0 Å². The molecule has 28 heavy (non-hydrogen) atoms. The van der Waals surface area contributed by atoms with Gasteiger partial charge in [0.25, 0.3) is 5.91 Å². The van der Waals surface area contributed by atoms with E-state index in [1.807, 2.05) is 78.9 Å². The van der Waals surface area contributed by atoms with Crippen LogP contribution < -0.4 is 10.2 Å². The van der Waals surface area contributed by atoms with Crippen LogP contribution in [0.5, 0.6) is 5.75 Å². The number of ether oxygens (including phenoxy) is 1. The molecule has 4 nitrogen and oxygen atoms in total. The lowest BCUT2D eigenvalue weighted by molar-refractivity contribution is -0.127. The first-order chi connectivity index (χ1) is 13.7. The highest BCUT2D eigenvalue weighted by Crippen LogP contribution is 2.26. The van der Waals surface area contributed by atoms with Gasteiger partial charge in [-0.3, -0.25) is 4.79 Å². The van der Waals surface area contributed by atoms with E-state index in [9.17, 15) is 4.79 Å². The quantitative estimate of drug-likeness (QED) is 0.402. The van der Waals surface area contributed by atoms with Crippen LogP contribution in [0.4, 0.5) is 0 Å². The number of hydrogen-bond acceptors (Lipinski definition) is 3. The second-order valence-corrected chi connectivity index (χ2v) is 6.58. The minimum absolute atomic E-state index is 0.301. The molecule has 4 aromatic rings. The standard InChI is InChI=1S/C24H20N2O2/c1-17(28-23-12-6-10-20-8-4-5-11-22(20)23)24(27)26-25-16-18-13-14-19-7-2-3-9-21(19)15-18/h2-17H,1H3,(H,26,27)/b25-16-/t17-/m0/s1. The molecular formula is C24H20N2O2. The maximum Gasteiger partial charge on any atom is 0.280 e. The van der Waals surface area contributed by atoms with Gasteiger partial charge in [0, 0.05) is 5.39 Å². The Hall–Kier alpha value is -3.66. The number of amides is 1. The van der Waals surface area contributed by atoms with Gasteiger partial charge in [0.05, 0.1) is 6.21 Å². The number of rotatable bonds is 5. The zero-order valence-corrected chi connectivity index (χ0v) is 15.5. The van der Waals surface area contributed by atoms with Crippen LogP contribution in [-0.2, 0) is 4.79 Å². The summed E-state index contributed by atoms with van der Waals surface area (Å²) in [6, 6.07) is 27.9. The molecule has 1 atom stereocenters. The number of carbonyl (C=O) groups is 1. The van der Waals surface area contributed by atoms with E-state index >= 15 is 0 Å². The van der Waals surface area contributed by atoms with Crippen molar-refractivity contribution < 1.29 is 9.53 Å². The van der Waals surface area contributed by atoms with Crippen LogP contribution in [0.3, 0.4) is 0 Å². The summed E-state index contributed by atoms with van der Waals surface area (Å²) in [4.78, 5) is 12.3. The van der Waals surface area contributed by atoms with Crippen molar-refractivity contribution in [3.8, 4) is 5.75 Å². The third-order valence-corrected chi connectivity index (χ3v) is 4.58. The van der Waals surface area contributed by atoms with E-state index in [1.165, 1.54) is 5.39 Å². The summed E-state index contributed by atoms with van der Waals surface area (Å²) in [5.74, 6) is 0.379. The Morgan fingerprint density at radius 1 is 0.893 bits per heavy atom. The SMILES string of the molecule is C[C@H](Oc1cccc2ccccc12)C(=O)N/N=C\c1ccc2ccccc2c1. The predicted molar refractivity (Wildman–Crippen MR) is 114 cm³/mol. The first-order valence-corrected chi connectivity index (χ1v) is 9.17. The summed E-state index contributed by atoms with van der Waals surface area (Å²) in [6.45, 7) is 1.71. The highest BCUT2D eigenvalue weighted by atomic mass is 16.5. The summed E-state index contributed by atoms with van der Waals surface area (Å²) in [7, 11) is 0.